The molecule has 1 aliphatic rings. The Hall–Kier alpha value is -0.120. The quantitative estimate of drug-likeness (QED) is 0.727. The summed E-state index contributed by atoms with van der Waals surface area (Å²) in [4.78, 5) is 0. The smallest absolute Gasteiger partial charge is 0.0857 e. The monoisotopic (exact) mass is 229 g/mol. The summed E-state index contributed by atoms with van der Waals surface area (Å²) in [5, 5.41) is 3.38. The van der Waals surface area contributed by atoms with Crippen LogP contribution in [0.25, 0.3) is 0 Å². The van der Waals surface area contributed by atoms with Crippen LogP contribution in [0.1, 0.15) is 46.0 Å². The van der Waals surface area contributed by atoms with Crippen LogP contribution in [0.15, 0.2) is 0 Å². The second-order valence-corrected chi connectivity index (χ2v) is 4.56. The van der Waals surface area contributed by atoms with Crippen LogP contribution in [0.4, 0.5) is 0 Å². The molecule has 0 bridgehead atoms. The molecule has 1 saturated carbocycles. The average Bonchev–Trinajstić information content (AvgIpc) is 2.31. The van der Waals surface area contributed by atoms with Gasteiger partial charge < -0.3 is 14.8 Å². The highest BCUT2D eigenvalue weighted by molar-refractivity contribution is 4.95. The summed E-state index contributed by atoms with van der Waals surface area (Å²) >= 11 is 0. The summed E-state index contributed by atoms with van der Waals surface area (Å²) in [6.45, 7) is 6.46. The van der Waals surface area contributed by atoms with Gasteiger partial charge in [0.15, 0.2) is 0 Å². The molecule has 0 heterocycles. The second kappa shape index (κ2) is 7.25. The maximum absolute atomic E-state index is 6.08. The maximum Gasteiger partial charge on any atom is 0.0857 e. The first-order valence-electron chi connectivity index (χ1n) is 6.68. The molecule has 0 amide bonds. The Morgan fingerprint density at radius 1 is 1.12 bits per heavy atom. The minimum Gasteiger partial charge on any atom is -0.380 e. The molecular formula is C13H27NO2. The van der Waals surface area contributed by atoms with E-state index in [0.29, 0.717) is 6.04 Å². The molecule has 0 aromatic heterocycles. The molecule has 1 unspecified atom stereocenters. The number of likely N-dealkylation sites (N-methyl/N-ethyl adjacent to an activating group) is 1. The summed E-state index contributed by atoms with van der Waals surface area (Å²) in [6.07, 6.45) is 6.24. The minimum absolute atomic E-state index is 0.0108. The van der Waals surface area contributed by atoms with E-state index < -0.39 is 0 Å². The molecule has 1 aliphatic carbocycles. The highest BCUT2D eigenvalue weighted by Gasteiger charge is 2.39. The van der Waals surface area contributed by atoms with E-state index in [1.807, 2.05) is 14.0 Å². The van der Waals surface area contributed by atoms with Crippen LogP contribution in [0.2, 0.25) is 0 Å². The molecule has 0 radical (unpaired) electrons. The molecule has 1 atom stereocenters. The fraction of sp³-hybridized carbons (Fsp3) is 1.00. The molecule has 3 heteroatoms. The van der Waals surface area contributed by atoms with Crippen molar-refractivity contribution in [2.45, 2.75) is 57.6 Å². The zero-order chi connectivity index (χ0) is 11.9. The molecule has 0 aliphatic heterocycles. The Morgan fingerprint density at radius 3 is 2.31 bits per heavy atom. The minimum atomic E-state index is 0.0108. The van der Waals surface area contributed by atoms with Gasteiger partial charge in [-0.15, -0.1) is 0 Å². The van der Waals surface area contributed by atoms with Crippen molar-refractivity contribution in [3.05, 3.63) is 0 Å². The zero-order valence-electron chi connectivity index (χ0n) is 11.1. The lowest BCUT2D eigenvalue weighted by Gasteiger charge is -2.43. The fourth-order valence-corrected chi connectivity index (χ4v) is 2.77. The third-order valence-corrected chi connectivity index (χ3v) is 3.60. The number of hydrogen-bond donors (Lipinski definition) is 1. The molecule has 0 spiro atoms. The van der Waals surface area contributed by atoms with Gasteiger partial charge in [0.25, 0.3) is 0 Å². The van der Waals surface area contributed by atoms with Crippen LogP contribution in [0, 0.1) is 0 Å². The van der Waals surface area contributed by atoms with Gasteiger partial charge in [-0.25, -0.2) is 0 Å². The van der Waals surface area contributed by atoms with Crippen molar-refractivity contribution < 1.29 is 9.47 Å². The van der Waals surface area contributed by atoms with Crippen LogP contribution in [-0.2, 0) is 9.47 Å². The molecule has 96 valence electrons. The van der Waals surface area contributed by atoms with Crippen LogP contribution in [-0.4, -0.2) is 38.5 Å². The fourth-order valence-electron chi connectivity index (χ4n) is 2.77. The largest absolute Gasteiger partial charge is 0.380 e. The number of ether oxygens (including phenoxy) is 2. The van der Waals surface area contributed by atoms with E-state index in [0.717, 1.165) is 19.8 Å². The molecule has 1 fully saturated rings. The number of rotatable bonds is 7. The van der Waals surface area contributed by atoms with Crippen LogP contribution >= 0.6 is 0 Å². The van der Waals surface area contributed by atoms with E-state index in [2.05, 4.69) is 12.2 Å². The van der Waals surface area contributed by atoms with Crippen molar-refractivity contribution in [2.75, 3.05) is 26.9 Å². The van der Waals surface area contributed by atoms with Crippen molar-refractivity contribution in [1.29, 1.82) is 0 Å². The predicted molar refractivity (Wildman–Crippen MR) is 66.8 cm³/mol. The first kappa shape index (κ1) is 13.9. The van der Waals surface area contributed by atoms with Gasteiger partial charge in [-0.2, -0.15) is 0 Å². The third-order valence-electron chi connectivity index (χ3n) is 3.60. The van der Waals surface area contributed by atoms with E-state index >= 15 is 0 Å². The van der Waals surface area contributed by atoms with Crippen LogP contribution in [0.3, 0.4) is 0 Å². The molecular weight excluding hydrogens is 202 g/mol. The summed E-state index contributed by atoms with van der Waals surface area (Å²) in [5.41, 5.74) is 0.0108. The summed E-state index contributed by atoms with van der Waals surface area (Å²) < 4.78 is 11.6. The zero-order valence-corrected chi connectivity index (χ0v) is 11.1. The van der Waals surface area contributed by atoms with Gasteiger partial charge in [0.2, 0.25) is 0 Å². The Kier molecular flexibility index (Phi) is 6.32. The van der Waals surface area contributed by atoms with Crippen molar-refractivity contribution in [1.82, 2.24) is 5.32 Å². The first-order valence-corrected chi connectivity index (χ1v) is 6.68. The van der Waals surface area contributed by atoms with Crippen molar-refractivity contribution in [3.63, 3.8) is 0 Å². The van der Waals surface area contributed by atoms with E-state index in [1.54, 1.807) is 0 Å². The van der Waals surface area contributed by atoms with E-state index in [1.165, 1.54) is 32.1 Å². The maximum atomic E-state index is 6.08. The van der Waals surface area contributed by atoms with Crippen LogP contribution in [0.5, 0.6) is 0 Å². The van der Waals surface area contributed by atoms with Gasteiger partial charge >= 0.3 is 0 Å². The molecule has 0 saturated heterocycles. The lowest BCUT2D eigenvalue weighted by Crippen LogP contribution is -2.55. The van der Waals surface area contributed by atoms with Crippen molar-refractivity contribution in [2.24, 2.45) is 0 Å². The first-order chi connectivity index (χ1) is 7.79. The standard InChI is InChI=1S/C13H27NO2/c1-4-15-11-12(14-3)13(16-5-2)9-7-6-8-10-13/h12,14H,4-11H2,1-3H3. The SMILES string of the molecule is CCOCC(NC)C1(OCC)CCCCC1. The average molecular weight is 229 g/mol. The number of hydrogen-bond acceptors (Lipinski definition) is 3. The van der Waals surface area contributed by atoms with Gasteiger partial charge in [-0.3, -0.25) is 0 Å². The third kappa shape index (κ3) is 3.44. The Bertz CT molecular complexity index is 173. The highest BCUT2D eigenvalue weighted by Crippen LogP contribution is 2.34. The van der Waals surface area contributed by atoms with Gasteiger partial charge in [0, 0.05) is 13.2 Å². The topological polar surface area (TPSA) is 30.5 Å². The summed E-state index contributed by atoms with van der Waals surface area (Å²) in [6, 6.07) is 0.327. The second-order valence-electron chi connectivity index (χ2n) is 4.56. The van der Waals surface area contributed by atoms with Gasteiger partial charge in [-0.05, 0) is 33.7 Å². The Labute approximate surface area is 99.9 Å². The molecule has 0 aromatic carbocycles. The predicted octanol–water partition coefficient (Wildman–Crippen LogP) is 2.35. The molecule has 1 N–H and O–H groups in total. The summed E-state index contributed by atoms with van der Waals surface area (Å²) in [5.74, 6) is 0. The van der Waals surface area contributed by atoms with Gasteiger partial charge in [0.1, 0.15) is 0 Å². The van der Waals surface area contributed by atoms with Crippen molar-refractivity contribution >= 4 is 0 Å². The Morgan fingerprint density at radius 2 is 1.81 bits per heavy atom. The van der Waals surface area contributed by atoms with Gasteiger partial charge in [-0.1, -0.05) is 19.3 Å². The molecule has 16 heavy (non-hydrogen) atoms. The summed E-state index contributed by atoms with van der Waals surface area (Å²) in [7, 11) is 2.01. The normalized spacial score (nSPS) is 21.9. The molecule has 1 rings (SSSR count). The lowest BCUT2D eigenvalue weighted by atomic mass is 9.79. The highest BCUT2D eigenvalue weighted by atomic mass is 16.5. The van der Waals surface area contributed by atoms with Crippen molar-refractivity contribution in [3.8, 4) is 0 Å². The van der Waals surface area contributed by atoms with E-state index in [9.17, 15) is 0 Å². The van der Waals surface area contributed by atoms with Gasteiger partial charge in [0.05, 0.1) is 18.2 Å². The Balaban J connectivity index is 2.63. The molecule has 3 nitrogen and oxygen atoms in total. The lowest BCUT2D eigenvalue weighted by molar-refractivity contribution is -0.103. The number of nitrogens with one attached hydrogen (secondary N) is 1. The van der Waals surface area contributed by atoms with E-state index in [4.69, 9.17) is 9.47 Å². The van der Waals surface area contributed by atoms with E-state index in [-0.39, 0.29) is 5.60 Å². The molecule has 0 aromatic rings. The van der Waals surface area contributed by atoms with Crippen LogP contribution < -0.4 is 5.32 Å².